The van der Waals surface area contributed by atoms with Crippen LogP contribution in [0.15, 0.2) is 18.2 Å². The van der Waals surface area contributed by atoms with Crippen LogP contribution < -0.4 is 5.32 Å². The molecule has 0 radical (unpaired) electrons. The summed E-state index contributed by atoms with van der Waals surface area (Å²) in [7, 11) is 4.17. The predicted molar refractivity (Wildman–Crippen MR) is 68.6 cm³/mol. The average Bonchev–Trinajstić information content (AvgIpc) is 2.76. The van der Waals surface area contributed by atoms with Gasteiger partial charge in [-0.05, 0) is 57.6 Å². The van der Waals surface area contributed by atoms with Crippen LogP contribution in [0, 0.1) is 12.7 Å². The van der Waals surface area contributed by atoms with Crippen LogP contribution in [0.2, 0.25) is 0 Å². The molecule has 1 fully saturated rings. The molecule has 1 aromatic rings. The molecule has 3 heteroatoms. The van der Waals surface area contributed by atoms with Crippen molar-refractivity contribution >= 4 is 0 Å². The van der Waals surface area contributed by atoms with Crippen LogP contribution in [0.1, 0.15) is 30.0 Å². The Morgan fingerprint density at radius 3 is 2.71 bits per heavy atom. The number of hydrogen-bond acceptors (Lipinski definition) is 2. The van der Waals surface area contributed by atoms with E-state index in [9.17, 15) is 4.39 Å². The molecule has 0 spiro atoms. The second kappa shape index (κ2) is 5.15. The van der Waals surface area contributed by atoms with Crippen LogP contribution >= 0.6 is 0 Å². The molecule has 17 heavy (non-hydrogen) atoms. The van der Waals surface area contributed by atoms with Gasteiger partial charge in [0.2, 0.25) is 0 Å². The van der Waals surface area contributed by atoms with Crippen molar-refractivity contribution in [3.8, 4) is 0 Å². The zero-order valence-electron chi connectivity index (χ0n) is 10.8. The summed E-state index contributed by atoms with van der Waals surface area (Å²) in [6, 6.07) is 6.27. The SMILES string of the molecule is Cc1cc(C(C2CCCN2)N(C)C)ccc1F. The number of likely N-dealkylation sites (N-methyl/N-ethyl adjacent to an activating group) is 1. The molecule has 1 N–H and O–H groups in total. The Kier molecular flexibility index (Phi) is 3.79. The molecule has 0 bridgehead atoms. The second-order valence-corrected chi connectivity index (χ2v) is 5.12. The number of halogens is 1. The minimum absolute atomic E-state index is 0.120. The summed E-state index contributed by atoms with van der Waals surface area (Å²) in [4.78, 5) is 2.22. The van der Waals surface area contributed by atoms with E-state index in [0.717, 1.165) is 12.1 Å². The van der Waals surface area contributed by atoms with Crippen LogP contribution in [0.4, 0.5) is 4.39 Å². The van der Waals surface area contributed by atoms with Crippen LogP contribution in [-0.4, -0.2) is 31.6 Å². The summed E-state index contributed by atoms with van der Waals surface area (Å²) in [6.07, 6.45) is 2.43. The third kappa shape index (κ3) is 2.67. The highest BCUT2D eigenvalue weighted by Gasteiger charge is 2.27. The van der Waals surface area contributed by atoms with Crippen molar-refractivity contribution in [3.63, 3.8) is 0 Å². The number of benzene rings is 1. The molecule has 1 aromatic carbocycles. The van der Waals surface area contributed by atoms with Gasteiger partial charge in [-0.2, -0.15) is 0 Å². The maximum Gasteiger partial charge on any atom is 0.126 e. The van der Waals surface area contributed by atoms with E-state index >= 15 is 0 Å². The molecule has 94 valence electrons. The highest BCUT2D eigenvalue weighted by Crippen LogP contribution is 2.28. The van der Waals surface area contributed by atoms with Gasteiger partial charge in [-0.3, -0.25) is 0 Å². The lowest BCUT2D eigenvalue weighted by Gasteiger charge is -2.30. The molecular formula is C14H21FN2. The molecule has 0 saturated carbocycles. The zero-order valence-corrected chi connectivity index (χ0v) is 10.8. The number of nitrogens with one attached hydrogen (secondary N) is 1. The first-order valence-corrected chi connectivity index (χ1v) is 6.25. The lowest BCUT2D eigenvalue weighted by Crippen LogP contribution is -2.37. The van der Waals surface area contributed by atoms with Crippen molar-refractivity contribution < 1.29 is 4.39 Å². The monoisotopic (exact) mass is 236 g/mol. The highest BCUT2D eigenvalue weighted by atomic mass is 19.1. The van der Waals surface area contributed by atoms with Gasteiger partial charge in [0.05, 0.1) is 0 Å². The van der Waals surface area contributed by atoms with Crippen molar-refractivity contribution in [1.29, 1.82) is 0 Å². The number of nitrogens with zero attached hydrogens (tertiary/aromatic N) is 1. The van der Waals surface area contributed by atoms with Gasteiger partial charge < -0.3 is 10.2 Å². The second-order valence-electron chi connectivity index (χ2n) is 5.12. The summed E-state index contributed by atoms with van der Waals surface area (Å²) in [5.41, 5.74) is 1.93. The van der Waals surface area contributed by atoms with Crippen molar-refractivity contribution in [3.05, 3.63) is 35.1 Å². The van der Waals surface area contributed by atoms with Crippen molar-refractivity contribution in [2.24, 2.45) is 0 Å². The van der Waals surface area contributed by atoms with Gasteiger partial charge in [0.25, 0.3) is 0 Å². The zero-order chi connectivity index (χ0) is 12.4. The van der Waals surface area contributed by atoms with Gasteiger partial charge in [-0.1, -0.05) is 12.1 Å². The van der Waals surface area contributed by atoms with E-state index in [-0.39, 0.29) is 5.82 Å². The first-order chi connectivity index (χ1) is 8.09. The third-order valence-corrected chi connectivity index (χ3v) is 3.56. The molecule has 0 aromatic heterocycles. The molecular weight excluding hydrogens is 215 g/mol. The number of hydrogen-bond donors (Lipinski definition) is 1. The summed E-state index contributed by atoms with van der Waals surface area (Å²) in [5.74, 6) is -0.120. The van der Waals surface area contributed by atoms with Crippen molar-refractivity contribution in [2.45, 2.75) is 31.8 Å². The molecule has 1 aliphatic rings. The molecule has 1 heterocycles. The predicted octanol–water partition coefficient (Wildman–Crippen LogP) is 2.49. The van der Waals surface area contributed by atoms with Gasteiger partial charge >= 0.3 is 0 Å². The van der Waals surface area contributed by atoms with Gasteiger partial charge in [-0.25, -0.2) is 4.39 Å². The molecule has 2 unspecified atom stereocenters. The van der Waals surface area contributed by atoms with E-state index in [1.165, 1.54) is 18.4 Å². The summed E-state index contributed by atoms with van der Waals surface area (Å²) < 4.78 is 13.3. The van der Waals surface area contributed by atoms with E-state index in [4.69, 9.17) is 0 Å². The van der Waals surface area contributed by atoms with E-state index < -0.39 is 0 Å². The molecule has 1 saturated heterocycles. The van der Waals surface area contributed by atoms with Crippen LogP contribution in [0.25, 0.3) is 0 Å². The Labute approximate surface area is 103 Å². The number of rotatable bonds is 3. The third-order valence-electron chi connectivity index (χ3n) is 3.56. The molecule has 0 aliphatic carbocycles. The minimum Gasteiger partial charge on any atom is -0.312 e. The van der Waals surface area contributed by atoms with Gasteiger partial charge in [0, 0.05) is 12.1 Å². The molecule has 1 aliphatic heterocycles. The van der Waals surface area contributed by atoms with E-state index in [0.29, 0.717) is 12.1 Å². The summed E-state index contributed by atoms with van der Waals surface area (Å²) in [5, 5.41) is 3.54. The molecule has 2 rings (SSSR count). The maximum atomic E-state index is 13.3. The van der Waals surface area contributed by atoms with Gasteiger partial charge in [0.1, 0.15) is 5.82 Å². The van der Waals surface area contributed by atoms with Crippen molar-refractivity contribution in [1.82, 2.24) is 10.2 Å². The van der Waals surface area contributed by atoms with Gasteiger partial charge in [-0.15, -0.1) is 0 Å². The fourth-order valence-corrected chi connectivity index (χ4v) is 2.72. The van der Waals surface area contributed by atoms with Crippen molar-refractivity contribution in [2.75, 3.05) is 20.6 Å². The smallest absolute Gasteiger partial charge is 0.126 e. The fraction of sp³-hybridized carbons (Fsp3) is 0.571. The Bertz CT molecular complexity index is 384. The maximum absolute atomic E-state index is 13.3. The summed E-state index contributed by atoms with van der Waals surface area (Å²) in [6.45, 7) is 2.92. The molecule has 2 nitrogen and oxygen atoms in total. The largest absolute Gasteiger partial charge is 0.312 e. The molecule has 2 atom stereocenters. The van der Waals surface area contributed by atoms with E-state index in [1.54, 1.807) is 6.07 Å². The Hall–Kier alpha value is -0.930. The lowest BCUT2D eigenvalue weighted by molar-refractivity contribution is 0.244. The first-order valence-electron chi connectivity index (χ1n) is 6.25. The normalized spacial score (nSPS) is 22.1. The lowest BCUT2D eigenvalue weighted by atomic mass is 9.95. The fourth-order valence-electron chi connectivity index (χ4n) is 2.72. The Morgan fingerprint density at radius 2 is 2.18 bits per heavy atom. The van der Waals surface area contributed by atoms with E-state index in [2.05, 4.69) is 24.3 Å². The summed E-state index contributed by atoms with van der Waals surface area (Å²) >= 11 is 0. The number of aryl methyl sites for hydroxylation is 1. The first kappa shape index (κ1) is 12.5. The molecule has 0 amide bonds. The Balaban J connectivity index is 2.28. The topological polar surface area (TPSA) is 15.3 Å². The van der Waals surface area contributed by atoms with E-state index in [1.807, 2.05) is 19.1 Å². The van der Waals surface area contributed by atoms with Crippen LogP contribution in [0.5, 0.6) is 0 Å². The Morgan fingerprint density at radius 1 is 1.41 bits per heavy atom. The van der Waals surface area contributed by atoms with Gasteiger partial charge in [0.15, 0.2) is 0 Å². The average molecular weight is 236 g/mol. The van der Waals surface area contributed by atoms with Crippen LogP contribution in [-0.2, 0) is 0 Å². The quantitative estimate of drug-likeness (QED) is 0.867. The minimum atomic E-state index is -0.120. The standard InChI is InChI=1S/C14H21FN2/c1-10-9-11(6-7-12(10)15)14(17(2)3)13-5-4-8-16-13/h6-7,9,13-14,16H,4-5,8H2,1-3H3. The highest BCUT2D eigenvalue weighted by molar-refractivity contribution is 5.27. The van der Waals surface area contributed by atoms with Crippen LogP contribution in [0.3, 0.4) is 0 Å².